The van der Waals surface area contributed by atoms with Gasteiger partial charge in [0.2, 0.25) is 0 Å². The number of likely N-dealkylation sites (tertiary alicyclic amines) is 1. The fourth-order valence-corrected chi connectivity index (χ4v) is 3.63. The molecular formula is C14H26N2O2. The van der Waals surface area contributed by atoms with E-state index in [-0.39, 0.29) is 0 Å². The summed E-state index contributed by atoms with van der Waals surface area (Å²) in [5.41, 5.74) is 0. The van der Waals surface area contributed by atoms with Crippen LogP contribution >= 0.6 is 0 Å². The van der Waals surface area contributed by atoms with Crippen LogP contribution in [0.5, 0.6) is 0 Å². The molecule has 0 spiro atoms. The standard InChI is InChI=1S/C14H26N2O2/c1-4-14(15-6-1)12-3-2-7-16(9-12)10-13-5-8-17-11-18-13/h12-15H,1-11H2. The van der Waals surface area contributed by atoms with Gasteiger partial charge in [0.05, 0.1) is 12.7 Å². The smallest absolute Gasteiger partial charge is 0.147 e. The largest absolute Gasteiger partial charge is 0.355 e. The molecule has 0 amide bonds. The van der Waals surface area contributed by atoms with E-state index in [0.717, 1.165) is 31.5 Å². The van der Waals surface area contributed by atoms with Gasteiger partial charge in [-0.25, -0.2) is 0 Å². The minimum Gasteiger partial charge on any atom is -0.355 e. The van der Waals surface area contributed by atoms with Crippen LogP contribution in [0.3, 0.4) is 0 Å². The van der Waals surface area contributed by atoms with E-state index >= 15 is 0 Å². The molecule has 3 aliphatic rings. The number of ether oxygens (including phenoxy) is 2. The van der Waals surface area contributed by atoms with E-state index in [2.05, 4.69) is 10.2 Å². The van der Waals surface area contributed by atoms with Gasteiger partial charge >= 0.3 is 0 Å². The Morgan fingerprint density at radius 1 is 1.17 bits per heavy atom. The molecule has 4 heteroatoms. The minimum atomic E-state index is 0.397. The molecule has 3 heterocycles. The maximum atomic E-state index is 5.66. The molecule has 0 bridgehead atoms. The van der Waals surface area contributed by atoms with E-state index in [4.69, 9.17) is 9.47 Å². The van der Waals surface area contributed by atoms with Crippen LogP contribution in [0.1, 0.15) is 32.1 Å². The van der Waals surface area contributed by atoms with E-state index in [0.29, 0.717) is 12.9 Å². The Hall–Kier alpha value is -0.160. The average Bonchev–Trinajstić information content (AvgIpc) is 2.94. The monoisotopic (exact) mass is 254 g/mol. The molecule has 0 aromatic carbocycles. The van der Waals surface area contributed by atoms with E-state index < -0.39 is 0 Å². The lowest BCUT2D eigenvalue weighted by molar-refractivity contribution is -0.146. The molecule has 4 nitrogen and oxygen atoms in total. The van der Waals surface area contributed by atoms with Crippen molar-refractivity contribution in [2.75, 3.05) is 39.6 Å². The number of piperidine rings is 1. The fraction of sp³-hybridized carbons (Fsp3) is 1.00. The molecule has 3 saturated heterocycles. The number of hydrogen-bond donors (Lipinski definition) is 1. The zero-order chi connectivity index (χ0) is 12.2. The molecule has 0 aromatic heterocycles. The third-order valence-electron chi connectivity index (χ3n) is 4.64. The molecule has 3 unspecified atom stereocenters. The van der Waals surface area contributed by atoms with Crippen molar-refractivity contribution < 1.29 is 9.47 Å². The highest BCUT2D eigenvalue weighted by molar-refractivity contribution is 4.87. The van der Waals surface area contributed by atoms with Gasteiger partial charge in [-0.2, -0.15) is 0 Å². The number of rotatable bonds is 3. The highest BCUT2D eigenvalue weighted by Gasteiger charge is 2.30. The van der Waals surface area contributed by atoms with Gasteiger partial charge in [-0.15, -0.1) is 0 Å². The molecule has 3 rings (SSSR count). The molecule has 3 atom stereocenters. The Morgan fingerprint density at radius 3 is 2.94 bits per heavy atom. The summed E-state index contributed by atoms with van der Waals surface area (Å²) >= 11 is 0. The summed E-state index contributed by atoms with van der Waals surface area (Å²) in [7, 11) is 0. The van der Waals surface area contributed by atoms with Crippen molar-refractivity contribution in [3.8, 4) is 0 Å². The Kier molecular flexibility index (Phi) is 4.52. The molecule has 3 fully saturated rings. The second-order valence-electron chi connectivity index (χ2n) is 5.97. The van der Waals surface area contributed by atoms with Crippen LogP contribution in [0.25, 0.3) is 0 Å². The van der Waals surface area contributed by atoms with Gasteiger partial charge in [-0.1, -0.05) is 0 Å². The van der Waals surface area contributed by atoms with Crippen LogP contribution < -0.4 is 5.32 Å². The van der Waals surface area contributed by atoms with Crippen LogP contribution in [0.2, 0.25) is 0 Å². The zero-order valence-electron chi connectivity index (χ0n) is 11.3. The van der Waals surface area contributed by atoms with Gasteiger partial charge in [-0.05, 0) is 51.1 Å². The third kappa shape index (κ3) is 3.23. The number of nitrogens with one attached hydrogen (secondary N) is 1. The Morgan fingerprint density at radius 2 is 2.17 bits per heavy atom. The predicted molar refractivity (Wildman–Crippen MR) is 70.5 cm³/mol. The summed E-state index contributed by atoms with van der Waals surface area (Å²) < 4.78 is 10.9. The quantitative estimate of drug-likeness (QED) is 0.821. The highest BCUT2D eigenvalue weighted by Crippen LogP contribution is 2.25. The third-order valence-corrected chi connectivity index (χ3v) is 4.64. The van der Waals surface area contributed by atoms with Crippen molar-refractivity contribution in [2.45, 2.75) is 44.2 Å². The van der Waals surface area contributed by atoms with E-state index in [1.807, 2.05) is 0 Å². The zero-order valence-corrected chi connectivity index (χ0v) is 11.3. The van der Waals surface area contributed by atoms with Crippen molar-refractivity contribution in [2.24, 2.45) is 5.92 Å². The van der Waals surface area contributed by atoms with Gasteiger partial charge in [-0.3, -0.25) is 0 Å². The summed E-state index contributed by atoms with van der Waals surface area (Å²) in [6.45, 7) is 6.21. The average molecular weight is 254 g/mol. The van der Waals surface area contributed by atoms with Crippen molar-refractivity contribution >= 4 is 0 Å². The van der Waals surface area contributed by atoms with Crippen LogP contribution in [-0.2, 0) is 9.47 Å². The lowest BCUT2D eigenvalue weighted by Crippen LogP contribution is -2.46. The summed E-state index contributed by atoms with van der Waals surface area (Å²) in [5, 5.41) is 3.67. The second-order valence-corrected chi connectivity index (χ2v) is 5.97. The molecule has 1 N–H and O–H groups in total. The molecule has 0 aromatic rings. The van der Waals surface area contributed by atoms with Crippen molar-refractivity contribution in [3.05, 3.63) is 0 Å². The molecule has 0 saturated carbocycles. The van der Waals surface area contributed by atoms with Crippen LogP contribution in [0.4, 0.5) is 0 Å². The van der Waals surface area contributed by atoms with Crippen molar-refractivity contribution in [3.63, 3.8) is 0 Å². The molecule has 18 heavy (non-hydrogen) atoms. The van der Waals surface area contributed by atoms with Crippen molar-refractivity contribution in [1.29, 1.82) is 0 Å². The van der Waals surface area contributed by atoms with E-state index in [1.165, 1.54) is 45.3 Å². The Balaban J connectivity index is 1.47. The SMILES string of the molecule is C1CNC(C2CCCN(CC3CCOCO3)C2)C1. The van der Waals surface area contributed by atoms with Gasteiger partial charge in [0.15, 0.2) is 0 Å². The fourth-order valence-electron chi connectivity index (χ4n) is 3.63. The van der Waals surface area contributed by atoms with Crippen LogP contribution in [-0.4, -0.2) is 56.6 Å². The first kappa shape index (κ1) is 12.9. The minimum absolute atomic E-state index is 0.397. The lowest BCUT2D eigenvalue weighted by Gasteiger charge is -2.38. The molecular weight excluding hydrogens is 228 g/mol. The highest BCUT2D eigenvalue weighted by atomic mass is 16.7. The maximum absolute atomic E-state index is 5.66. The predicted octanol–water partition coefficient (Wildman–Crippen LogP) is 1.21. The van der Waals surface area contributed by atoms with E-state index in [1.54, 1.807) is 0 Å². The summed E-state index contributed by atoms with van der Waals surface area (Å²) in [6, 6.07) is 0.781. The summed E-state index contributed by atoms with van der Waals surface area (Å²) in [6.07, 6.45) is 6.96. The maximum Gasteiger partial charge on any atom is 0.147 e. The normalized spacial score (nSPS) is 39.0. The Bertz CT molecular complexity index is 250. The Labute approximate surface area is 110 Å². The number of hydrogen-bond acceptors (Lipinski definition) is 4. The van der Waals surface area contributed by atoms with Gasteiger partial charge in [0.25, 0.3) is 0 Å². The van der Waals surface area contributed by atoms with Gasteiger partial charge in [0.1, 0.15) is 6.79 Å². The first-order valence-corrected chi connectivity index (χ1v) is 7.57. The van der Waals surface area contributed by atoms with Crippen LogP contribution in [0, 0.1) is 5.92 Å². The van der Waals surface area contributed by atoms with Crippen molar-refractivity contribution in [1.82, 2.24) is 10.2 Å². The molecule has 104 valence electrons. The van der Waals surface area contributed by atoms with Crippen LogP contribution in [0.15, 0.2) is 0 Å². The first-order chi connectivity index (χ1) is 8.92. The topological polar surface area (TPSA) is 33.7 Å². The molecule has 3 aliphatic heterocycles. The van der Waals surface area contributed by atoms with E-state index in [9.17, 15) is 0 Å². The summed E-state index contributed by atoms with van der Waals surface area (Å²) in [4.78, 5) is 2.62. The van der Waals surface area contributed by atoms with Gasteiger partial charge in [0, 0.05) is 19.1 Å². The lowest BCUT2D eigenvalue weighted by atomic mass is 9.89. The second kappa shape index (κ2) is 6.33. The summed E-state index contributed by atoms with van der Waals surface area (Å²) in [5.74, 6) is 0.862. The molecule has 0 radical (unpaired) electrons. The number of nitrogens with zero attached hydrogens (tertiary/aromatic N) is 1. The van der Waals surface area contributed by atoms with Gasteiger partial charge < -0.3 is 19.7 Å². The molecule has 0 aliphatic carbocycles. The first-order valence-electron chi connectivity index (χ1n) is 7.57.